The molecule has 15 heavy (non-hydrogen) atoms. The second-order valence-corrected chi connectivity index (χ2v) is 3.94. The Kier molecular flexibility index (Phi) is 4.55. The summed E-state index contributed by atoms with van der Waals surface area (Å²) in [4.78, 5) is 21.6. The van der Waals surface area contributed by atoms with E-state index in [9.17, 15) is 9.59 Å². The Morgan fingerprint density at radius 3 is 2.60 bits per heavy atom. The Bertz CT molecular complexity index is 242. The minimum Gasteiger partial charge on any atom is -0.481 e. The third-order valence-electron chi connectivity index (χ3n) is 2.81. The van der Waals surface area contributed by atoms with Gasteiger partial charge in [-0.05, 0) is 12.8 Å². The third-order valence-corrected chi connectivity index (χ3v) is 2.81. The first-order valence-electron chi connectivity index (χ1n) is 5.25. The van der Waals surface area contributed by atoms with Gasteiger partial charge in [0, 0.05) is 25.0 Å². The van der Waals surface area contributed by atoms with E-state index in [1.165, 1.54) is 0 Å². The number of carbonyl (C=O) groups is 2. The van der Waals surface area contributed by atoms with E-state index in [4.69, 9.17) is 10.2 Å². The molecular formula is C10H17NO4. The molecule has 5 nitrogen and oxygen atoms in total. The number of aliphatic carboxylic acids is 1. The van der Waals surface area contributed by atoms with Gasteiger partial charge in [-0.1, -0.05) is 6.42 Å². The van der Waals surface area contributed by atoms with Crippen LogP contribution in [0.5, 0.6) is 0 Å². The average Bonchev–Trinajstić information content (AvgIpc) is 2.62. The van der Waals surface area contributed by atoms with Gasteiger partial charge in [0.05, 0.1) is 6.42 Å². The van der Waals surface area contributed by atoms with Gasteiger partial charge in [-0.3, -0.25) is 9.59 Å². The first kappa shape index (κ1) is 12.0. The predicted octanol–water partition coefficient (Wildman–Crippen LogP) is 0.128. The molecule has 1 fully saturated rings. The van der Waals surface area contributed by atoms with Crippen molar-refractivity contribution in [2.45, 2.75) is 38.1 Å². The number of rotatable bonds is 5. The van der Waals surface area contributed by atoms with Crippen molar-refractivity contribution < 1.29 is 19.8 Å². The highest BCUT2D eigenvalue weighted by Crippen LogP contribution is 2.24. The molecule has 1 aliphatic carbocycles. The van der Waals surface area contributed by atoms with Crippen LogP contribution in [0.2, 0.25) is 0 Å². The maximum Gasteiger partial charge on any atom is 0.303 e. The van der Waals surface area contributed by atoms with Crippen LogP contribution in [0.1, 0.15) is 32.1 Å². The summed E-state index contributed by atoms with van der Waals surface area (Å²) in [5.74, 6) is -1.06. The molecule has 1 rings (SSSR count). The number of hydrogen-bond acceptors (Lipinski definition) is 3. The molecule has 0 radical (unpaired) electrons. The fourth-order valence-corrected chi connectivity index (χ4v) is 1.94. The normalized spacial score (nSPS) is 25.1. The molecule has 3 N–H and O–H groups in total. The fourth-order valence-electron chi connectivity index (χ4n) is 1.94. The van der Waals surface area contributed by atoms with E-state index in [0.29, 0.717) is 0 Å². The second-order valence-electron chi connectivity index (χ2n) is 3.94. The Balaban J connectivity index is 2.27. The van der Waals surface area contributed by atoms with Crippen molar-refractivity contribution in [1.29, 1.82) is 0 Å². The minimum atomic E-state index is -0.963. The number of carbonyl (C=O) groups excluding carboxylic acids is 1. The fraction of sp³-hybridized carbons (Fsp3) is 0.800. The summed E-state index contributed by atoms with van der Waals surface area (Å²) >= 11 is 0. The van der Waals surface area contributed by atoms with Crippen molar-refractivity contribution in [3.8, 4) is 0 Å². The number of aliphatic hydroxyl groups excluding tert-OH is 1. The molecule has 0 aromatic heterocycles. The SMILES string of the molecule is O=C(O)CCC(=O)NC1CCCC1CO. The van der Waals surface area contributed by atoms with E-state index in [2.05, 4.69) is 5.32 Å². The highest BCUT2D eigenvalue weighted by molar-refractivity contribution is 5.80. The molecule has 1 amide bonds. The second kappa shape index (κ2) is 5.70. The van der Waals surface area contributed by atoms with Crippen molar-refractivity contribution in [3.05, 3.63) is 0 Å². The number of carboxylic acid groups (broad SMARTS) is 1. The van der Waals surface area contributed by atoms with E-state index in [-0.39, 0.29) is 37.3 Å². The number of amides is 1. The highest BCUT2D eigenvalue weighted by atomic mass is 16.4. The molecule has 0 aliphatic heterocycles. The zero-order valence-corrected chi connectivity index (χ0v) is 8.61. The summed E-state index contributed by atoms with van der Waals surface area (Å²) < 4.78 is 0. The Labute approximate surface area is 88.5 Å². The lowest BCUT2D eigenvalue weighted by molar-refractivity contribution is -0.139. The summed E-state index contributed by atoms with van der Waals surface area (Å²) in [5.41, 5.74) is 0. The molecule has 0 aromatic rings. The lowest BCUT2D eigenvalue weighted by atomic mass is 10.0. The topological polar surface area (TPSA) is 86.6 Å². The molecule has 0 aromatic carbocycles. The average molecular weight is 215 g/mol. The molecule has 86 valence electrons. The lowest BCUT2D eigenvalue weighted by Crippen LogP contribution is -2.38. The minimum absolute atomic E-state index is 0.0178. The van der Waals surface area contributed by atoms with E-state index >= 15 is 0 Å². The quantitative estimate of drug-likeness (QED) is 0.608. The maximum atomic E-state index is 11.3. The van der Waals surface area contributed by atoms with Gasteiger partial charge in [-0.15, -0.1) is 0 Å². The van der Waals surface area contributed by atoms with Crippen molar-refractivity contribution in [2.24, 2.45) is 5.92 Å². The molecule has 1 saturated carbocycles. The van der Waals surface area contributed by atoms with Gasteiger partial charge in [0.1, 0.15) is 0 Å². The largest absolute Gasteiger partial charge is 0.481 e. The van der Waals surface area contributed by atoms with Gasteiger partial charge in [0.25, 0.3) is 0 Å². The van der Waals surface area contributed by atoms with Crippen LogP contribution in [0.25, 0.3) is 0 Å². The lowest BCUT2D eigenvalue weighted by Gasteiger charge is -2.18. The molecule has 5 heteroatoms. The van der Waals surface area contributed by atoms with Gasteiger partial charge in [0.2, 0.25) is 5.91 Å². The van der Waals surface area contributed by atoms with Crippen molar-refractivity contribution in [1.82, 2.24) is 5.32 Å². The number of nitrogens with one attached hydrogen (secondary N) is 1. The van der Waals surface area contributed by atoms with E-state index in [1.54, 1.807) is 0 Å². The van der Waals surface area contributed by atoms with Crippen LogP contribution in [0, 0.1) is 5.92 Å². The Morgan fingerprint density at radius 2 is 2.00 bits per heavy atom. The highest BCUT2D eigenvalue weighted by Gasteiger charge is 2.27. The summed E-state index contributed by atoms with van der Waals surface area (Å²) in [5, 5.41) is 20.2. The van der Waals surface area contributed by atoms with Crippen LogP contribution in [0.15, 0.2) is 0 Å². The molecular weight excluding hydrogens is 198 g/mol. The van der Waals surface area contributed by atoms with Crippen LogP contribution in [0.3, 0.4) is 0 Å². The van der Waals surface area contributed by atoms with Crippen molar-refractivity contribution in [3.63, 3.8) is 0 Å². The summed E-state index contributed by atoms with van der Waals surface area (Å²) in [6.45, 7) is 0.0872. The van der Waals surface area contributed by atoms with Crippen LogP contribution >= 0.6 is 0 Å². The van der Waals surface area contributed by atoms with Gasteiger partial charge in [-0.2, -0.15) is 0 Å². The maximum absolute atomic E-state index is 11.3. The van der Waals surface area contributed by atoms with E-state index in [1.807, 2.05) is 0 Å². The van der Waals surface area contributed by atoms with Crippen LogP contribution in [-0.2, 0) is 9.59 Å². The number of hydrogen-bond donors (Lipinski definition) is 3. The van der Waals surface area contributed by atoms with Gasteiger partial charge >= 0.3 is 5.97 Å². The van der Waals surface area contributed by atoms with Crippen LogP contribution in [-0.4, -0.2) is 34.7 Å². The van der Waals surface area contributed by atoms with Crippen LogP contribution in [0.4, 0.5) is 0 Å². The molecule has 1 aliphatic rings. The molecule has 2 atom stereocenters. The third kappa shape index (κ3) is 3.87. The van der Waals surface area contributed by atoms with E-state index < -0.39 is 5.97 Å². The van der Waals surface area contributed by atoms with Gasteiger partial charge < -0.3 is 15.5 Å². The van der Waals surface area contributed by atoms with Crippen molar-refractivity contribution in [2.75, 3.05) is 6.61 Å². The summed E-state index contributed by atoms with van der Waals surface area (Å²) in [6.07, 6.45) is 2.70. The first-order chi connectivity index (χ1) is 7.13. The molecule has 0 spiro atoms. The molecule has 0 heterocycles. The van der Waals surface area contributed by atoms with Gasteiger partial charge in [-0.25, -0.2) is 0 Å². The molecule has 0 saturated heterocycles. The Hall–Kier alpha value is -1.10. The number of aliphatic hydroxyl groups is 1. The first-order valence-corrected chi connectivity index (χ1v) is 5.25. The number of carboxylic acids is 1. The Morgan fingerprint density at radius 1 is 1.27 bits per heavy atom. The zero-order valence-electron chi connectivity index (χ0n) is 8.61. The standard InChI is InChI=1S/C10H17NO4/c12-6-7-2-1-3-8(7)11-9(13)4-5-10(14)15/h7-8,12H,1-6H2,(H,11,13)(H,14,15). The van der Waals surface area contributed by atoms with Gasteiger partial charge in [0.15, 0.2) is 0 Å². The van der Waals surface area contributed by atoms with Crippen LogP contribution < -0.4 is 5.32 Å². The summed E-state index contributed by atoms with van der Waals surface area (Å²) in [7, 11) is 0. The smallest absolute Gasteiger partial charge is 0.303 e. The molecule has 2 unspecified atom stereocenters. The molecule has 0 bridgehead atoms. The van der Waals surface area contributed by atoms with E-state index in [0.717, 1.165) is 19.3 Å². The zero-order chi connectivity index (χ0) is 11.3. The van der Waals surface area contributed by atoms with Crippen molar-refractivity contribution >= 4 is 11.9 Å². The predicted molar refractivity (Wildman–Crippen MR) is 53.2 cm³/mol. The monoisotopic (exact) mass is 215 g/mol. The summed E-state index contributed by atoms with van der Waals surface area (Å²) in [6, 6.07) is 0.0243.